The van der Waals surface area contributed by atoms with Crippen LogP contribution in [-0.2, 0) is 0 Å². The van der Waals surface area contributed by atoms with Crippen molar-refractivity contribution in [1.29, 1.82) is 5.26 Å². The molecule has 48 valence electrons. The smallest absolute Gasteiger partial charge is 0.0886 e. The van der Waals surface area contributed by atoms with Crippen LogP contribution in [0, 0.1) is 17.2 Å². The molecule has 0 aromatic carbocycles. The molecule has 9 heavy (non-hydrogen) atoms. The van der Waals surface area contributed by atoms with Gasteiger partial charge in [-0.2, -0.15) is 5.26 Å². The summed E-state index contributed by atoms with van der Waals surface area (Å²) < 4.78 is 0. The molecule has 1 atom stereocenters. The third-order valence-corrected chi connectivity index (χ3v) is 1.55. The fourth-order valence-electron chi connectivity index (χ4n) is 1.05. The van der Waals surface area contributed by atoms with E-state index >= 15 is 0 Å². The molecule has 0 fully saturated rings. The summed E-state index contributed by atoms with van der Waals surface area (Å²) in [6.07, 6.45) is 4.03. The Labute approximate surface area is 54.4 Å². The van der Waals surface area contributed by atoms with Crippen LogP contribution < -0.4 is 0 Å². The van der Waals surface area contributed by atoms with Crippen molar-refractivity contribution in [2.75, 3.05) is 0 Å². The fourth-order valence-corrected chi connectivity index (χ4v) is 1.05. The summed E-state index contributed by atoms with van der Waals surface area (Å²) in [4.78, 5) is 0. The molecule has 1 N–H and O–H groups in total. The first kappa shape index (κ1) is 6.15. The first-order chi connectivity index (χ1) is 4.33. The van der Waals surface area contributed by atoms with Crippen LogP contribution in [0.3, 0.4) is 0 Å². The molecule has 1 aliphatic carbocycles. The minimum absolute atomic E-state index is 0.315. The van der Waals surface area contributed by atoms with Crippen molar-refractivity contribution in [3.63, 3.8) is 0 Å². The van der Waals surface area contributed by atoms with Gasteiger partial charge in [0, 0.05) is 12.8 Å². The summed E-state index contributed by atoms with van der Waals surface area (Å²) in [7, 11) is 0. The summed E-state index contributed by atoms with van der Waals surface area (Å²) >= 11 is 0. The number of nitriles is 1. The Morgan fingerprint density at radius 1 is 1.89 bits per heavy atom. The van der Waals surface area contributed by atoms with Crippen molar-refractivity contribution in [2.24, 2.45) is 5.92 Å². The average Bonchev–Trinajstić information content (AvgIpc) is 2.17. The van der Waals surface area contributed by atoms with Gasteiger partial charge in [-0.15, -0.1) is 0 Å². The molecule has 1 rings (SSSR count). The Hall–Kier alpha value is -0.970. The molecule has 0 saturated carbocycles. The van der Waals surface area contributed by atoms with Gasteiger partial charge < -0.3 is 5.11 Å². The number of nitrogens with zero attached hydrogens (tertiary/aromatic N) is 1. The highest BCUT2D eigenvalue weighted by Gasteiger charge is 2.13. The highest BCUT2D eigenvalue weighted by molar-refractivity contribution is 5.04. The minimum Gasteiger partial charge on any atom is -0.513 e. The monoisotopic (exact) mass is 123 g/mol. The van der Waals surface area contributed by atoms with E-state index in [9.17, 15) is 0 Å². The van der Waals surface area contributed by atoms with Crippen LogP contribution in [0.4, 0.5) is 0 Å². The maximum atomic E-state index is 8.88. The molecule has 0 aliphatic heterocycles. The van der Waals surface area contributed by atoms with E-state index in [0.29, 0.717) is 18.1 Å². The second-order valence-electron chi connectivity index (χ2n) is 2.32. The predicted molar refractivity (Wildman–Crippen MR) is 33.7 cm³/mol. The fraction of sp³-hybridized carbons (Fsp3) is 0.571. The molecule has 0 radical (unpaired) electrons. The summed E-state index contributed by atoms with van der Waals surface area (Å²) in [5.41, 5.74) is 0. The van der Waals surface area contributed by atoms with Gasteiger partial charge in [-0.05, 0) is 18.4 Å². The molecule has 0 heterocycles. The van der Waals surface area contributed by atoms with Gasteiger partial charge in [-0.3, -0.25) is 0 Å². The molecule has 1 unspecified atom stereocenters. The zero-order valence-corrected chi connectivity index (χ0v) is 5.17. The predicted octanol–water partition coefficient (Wildman–Crippen LogP) is 1.75. The number of hydrogen-bond acceptors (Lipinski definition) is 2. The zero-order chi connectivity index (χ0) is 6.69. The molecule has 1 aliphatic rings. The summed E-state index contributed by atoms with van der Waals surface area (Å²) in [6.45, 7) is 0. The van der Waals surface area contributed by atoms with Gasteiger partial charge >= 0.3 is 0 Å². The second-order valence-corrected chi connectivity index (χ2v) is 2.32. The van der Waals surface area contributed by atoms with Crippen LogP contribution >= 0.6 is 0 Å². The van der Waals surface area contributed by atoms with Gasteiger partial charge in [-0.25, -0.2) is 0 Å². The van der Waals surface area contributed by atoms with Gasteiger partial charge in [-0.1, -0.05) is 0 Å². The Kier molecular flexibility index (Phi) is 1.74. The van der Waals surface area contributed by atoms with Crippen molar-refractivity contribution in [3.8, 4) is 6.07 Å². The lowest BCUT2D eigenvalue weighted by Gasteiger charge is -1.94. The molecule has 0 aromatic rings. The maximum Gasteiger partial charge on any atom is 0.0886 e. The van der Waals surface area contributed by atoms with Crippen LogP contribution in [0.5, 0.6) is 0 Å². The highest BCUT2D eigenvalue weighted by Crippen LogP contribution is 2.23. The van der Waals surface area contributed by atoms with E-state index in [2.05, 4.69) is 6.07 Å². The first-order valence-corrected chi connectivity index (χ1v) is 3.09. The van der Waals surface area contributed by atoms with Gasteiger partial charge in [0.1, 0.15) is 0 Å². The SMILES string of the molecule is N#CCC1C=C(O)CC1. The zero-order valence-electron chi connectivity index (χ0n) is 5.17. The van der Waals surface area contributed by atoms with Crippen LogP contribution in [0.2, 0.25) is 0 Å². The second kappa shape index (κ2) is 2.54. The van der Waals surface area contributed by atoms with Crippen LogP contribution in [0.15, 0.2) is 11.8 Å². The van der Waals surface area contributed by atoms with E-state index in [0.717, 1.165) is 12.8 Å². The average molecular weight is 123 g/mol. The Balaban J connectivity index is 2.40. The molecule has 0 amide bonds. The van der Waals surface area contributed by atoms with Crippen molar-refractivity contribution in [3.05, 3.63) is 11.8 Å². The minimum atomic E-state index is 0.315. The van der Waals surface area contributed by atoms with Crippen LogP contribution in [0.1, 0.15) is 19.3 Å². The molecule has 0 saturated heterocycles. The highest BCUT2D eigenvalue weighted by atomic mass is 16.3. The Morgan fingerprint density at radius 2 is 2.67 bits per heavy atom. The third-order valence-electron chi connectivity index (χ3n) is 1.55. The lowest BCUT2D eigenvalue weighted by Crippen LogP contribution is -1.86. The molecule has 2 heteroatoms. The summed E-state index contributed by atoms with van der Waals surface area (Å²) in [5.74, 6) is 0.769. The molecule has 0 aromatic heterocycles. The topological polar surface area (TPSA) is 44.0 Å². The van der Waals surface area contributed by atoms with Crippen LogP contribution in [-0.4, -0.2) is 5.11 Å². The Bertz CT molecular complexity index is 166. The summed E-state index contributed by atoms with van der Waals surface area (Å²) in [6, 6.07) is 2.07. The molecular formula is C7H9NO. The van der Waals surface area contributed by atoms with Gasteiger partial charge in [0.2, 0.25) is 0 Å². The van der Waals surface area contributed by atoms with Crippen molar-refractivity contribution >= 4 is 0 Å². The van der Waals surface area contributed by atoms with Crippen molar-refractivity contribution in [2.45, 2.75) is 19.3 Å². The van der Waals surface area contributed by atoms with E-state index in [1.165, 1.54) is 0 Å². The van der Waals surface area contributed by atoms with E-state index < -0.39 is 0 Å². The molecule has 0 bridgehead atoms. The lowest BCUT2D eigenvalue weighted by atomic mass is 10.1. The van der Waals surface area contributed by atoms with E-state index in [4.69, 9.17) is 10.4 Å². The molecular weight excluding hydrogens is 114 g/mol. The normalized spacial score (nSPS) is 25.2. The number of aliphatic hydroxyl groups excluding tert-OH is 1. The lowest BCUT2D eigenvalue weighted by molar-refractivity contribution is 0.396. The van der Waals surface area contributed by atoms with E-state index in [1.54, 1.807) is 6.08 Å². The first-order valence-electron chi connectivity index (χ1n) is 3.09. The van der Waals surface area contributed by atoms with E-state index in [1.807, 2.05) is 0 Å². The van der Waals surface area contributed by atoms with E-state index in [-0.39, 0.29) is 0 Å². The van der Waals surface area contributed by atoms with Crippen molar-refractivity contribution < 1.29 is 5.11 Å². The Morgan fingerprint density at radius 3 is 3.11 bits per heavy atom. The molecule has 2 nitrogen and oxygen atoms in total. The maximum absolute atomic E-state index is 8.88. The van der Waals surface area contributed by atoms with Crippen LogP contribution in [0.25, 0.3) is 0 Å². The number of hydrogen-bond donors (Lipinski definition) is 1. The number of rotatable bonds is 1. The number of aliphatic hydroxyl groups is 1. The van der Waals surface area contributed by atoms with Gasteiger partial charge in [0.25, 0.3) is 0 Å². The van der Waals surface area contributed by atoms with Gasteiger partial charge in [0.05, 0.1) is 11.8 Å². The largest absolute Gasteiger partial charge is 0.513 e. The third kappa shape index (κ3) is 1.46. The summed E-state index contributed by atoms with van der Waals surface area (Å²) in [5, 5.41) is 17.1. The number of allylic oxidation sites excluding steroid dienone is 2. The van der Waals surface area contributed by atoms with Crippen molar-refractivity contribution in [1.82, 2.24) is 0 Å². The molecule has 0 spiro atoms. The quantitative estimate of drug-likeness (QED) is 0.577. The van der Waals surface area contributed by atoms with Gasteiger partial charge in [0.15, 0.2) is 0 Å². The standard InChI is InChI=1S/C7H9NO/c8-4-3-6-1-2-7(9)5-6/h5-6,9H,1-3H2.